The molecule has 106 valence electrons. The van der Waals surface area contributed by atoms with Gasteiger partial charge < -0.3 is 20.7 Å². The number of anilines is 2. The number of hydrogen-bond acceptors (Lipinski definition) is 8. The van der Waals surface area contributed by atoms with Crippen LogP contribution in [0.2, 0.25) is 0 Å². The van der Waals surface area contributed by atoms with Gasteiger partial charge in [-0.05, 0) is 6.92 Å². The van der Waals surface area contributed by atoms with Crippen molar-refractivity contribution in [1.82, 2.24) is 20.3 Å². The molecule has 9 heteroatoms. The zero-order chi connectivity index (χ0) is 13.0. The first-order chi connectivity index (χ1) is 8.70. The monoisotopic (exact) mass is 288 g/mol. The van der Waals surface area contributed by atoms with Gasteiger partial charge in [0, 0.05) is 26.2 Å². The van der Waals surface area contributed by atoms with Crippen LogP contribution in [0.3, 0.4) is 0 Å². The van der Waals surface area contributed by atoms with Gasteiger partial charge in [0.1, 0.15) is 0 Å². The summed E-state index contributed by atoms with van der Waals surface area (Å²) in [6, 6.07) is 0. The van der Waals surface area contributed by atoms with Gasteiger partial charge in [0.25, 0.3) is 0 Å². The molecule has 1 aliphatic rings. The van der Waals surface area contributed by atoms with Gasteiger partial charge in [0.2, 0.25) is 17.7 Å². The number of halogens is 1. The average Bonchev–Trinajstić information content (AvgIpc) is 2.39. The highest BCUT2D eigenvalue weighted by Gasteiger charge is 2.18. The molecule has 1 aromatic heterocycles. The molecule has 0 saturated carbocycles. The summed E-state index contributed by atoms with van der Waals surface area (Å²) < 4.78 is 4.85. The van der Waals surface area contributed by atoms with Crippen LogP contribution < -0.4 is 16.0 Å². The molecule has 0 radical (unpaired) electrons. The molecular weight excluding hydrogens is 272 g/mol. The Bertz CT molecular complexity index is 438. The summed E-state index contributed by atoms with van der Waals surface area (Å²) in [5.74, 6) is -0.172. The minimum atomic E-state index is -0.581. The van der Waals surface area contributed by atoms with Gasteiger partial charge in [0.05, 0.1) is 6.61 Å². The maximum Gasteiger partial charge on any atom is 0.376 e. The van der Waals surface area contributed by atoms with Gasteiger partial charge in [-0.3, -0.25) is 0 Å². The summed E-state index contributed by atoms with van der Waals surface area (Å²) >= 11 is 0. The third-order valence-corrected chi connectivity index (χ3v) is 2.50. The van der Waals surface area contributed by atoms with Crippen molar-refractivity contribution in [2.45, 2.75) is 6.92 Å². The molecule has 2 rings (SSSR count). The molecule has 2 heterocycles. The highest BCUT2D eigenvalue weighted by atomic mass is 35.5. The smallest absolute Gasteiger partial charge is 0.376 e. The van der Waals surface area contributed by atoms with E-state index in [9.17, 15) is 4.79 Å². The second-order valence-electron chi connectivity index (χ2n) is 3.77. The van der Waals surface area contributed by atoms with Gasteiger partial charge in [-0.15, -0.1) is 12.4 Å². The molecule has 0 spiro atoms. The molecule has 19 heavy (non-hydrogen) atoms. The summed E-state index contributed by atoms with van der Waals surface area (Å²) in [5, 5.41) is 3.22. The molecule has 0 atom stereocenters. The fraction of sp³-hybridized carbons (Fsp3) is 0.600. The van der Waals surface area contributed by atoms with Gasteiger partial charge in [-0.2, -0.15) is 15.0 Å². The number of nitrogens with zero attached hydrogens (tertiary/aromatic N) is 4. The van der Waals surface area contributed by atoms with Crippen LogP contribution in [-0.2, 0) is 4.74 Å². The molecular formula is C10H17ClN6O2. The third-order valence-electron chi connectivity index (χ3n) is 2.50. The van der Waals surface area contributed by atoms with E-state index in [1.54, 1.807) is 6.92 Å². The largest absolute Gasteiger partial charge is 0.460 e. The Kier molecular flexibility index (Phi) is 5.71. The first-order valence-electron chi connectivity index (χ1n) is 5.85. The van der Waals surface area contributed by atoms with Crippen LogP contribution in [0.25, 0.3) is 0 Å². The normalized spacial score (nSPS) is 14.7. The Hall–Kier alpha value is -1.67. The Balaban J connectivity index is 0.00000180. The van der Waals surface area contributed by atoms with E-state index in [-0.39, 0.29) is 30.8 Å². The van der Waals surface area contributed by atoms with Crippen LogP contribution in [0.5, 0.6) is 0 Å². The molecule has 1 aromatic rings. The molecule has 0 aromatic carbocycles. The zero-order valence-electron chi connectivity index (χ0n) is 10.6. The van der Waals surface area contributed by atoms with E-state index in [4.69, 9.17) is 10.5 Å². The van der Waals surface area contributed by atoms with Crippen LogP contribution in [0.15, 0.2) is 0 Å². The first kappa shape index (κ1) is 15.4. The molecule has 0 amide bonds. The van der Waals surface area contributed by atoms with Crippen molar-refractivity contribution < 1.29 is 9.53 Å². The molecule has 0 aliphatic carbocycles. The minimum Gasteiger partial charge on any atom is -0.460 e. The maximum absolute atomic E-state index is 11.6. The van der Waals surface area contributed by atoms with E-state index in [0.29, 0.717) is 5.95 Å². The van der Waals surface area contributed by atoms with Gasteiger partial charge >= 0.3 is 5.97 Å². The van der Waals surface area contributed by atoms with E-state index in [2.05, 4.69) is 20.3 Å². The lowest BCUT2D eigenvalue weighted by molar-refractivity contribution is 0.0512. The number of hydrogen-bond donors (Lipinski definition) is 2. The highest BCUT2D eigenvalue weighted by molar-refractivity contribution is 5.86. The minimum absolute atomic E-state index is 0. The van der Waals surface area contributed by atoms with Crippen LogP contribution in [0.4, 0.5) is 11.9 Å². The number of nitrogen functional groups attached to an aromatic ring is 1. The van der Waals surface area contributed by atoms with Crippen molar-refractivity contribution in [3.63, 3.8) is 0 Å². The van der Waals surface area contributed by atoms with Crippen molar-refractivity contribution in [2.24, 2.45) is 0 Å². The number of ether oxygens (including phenoxy) is 1. The van der Waals surface area contributed by atoms with E-state index in [1.807, 2.05) is 4.90 Å². The van der Waals surface area contributed by atoms with Gasteiger partial charge in [-0.1, -0.05) is 0 Å². The molecule has 0 unspecified atom stereocenters. The lowest BCUT2D eigenvalue weighted by Crippen LogP contribution is -2.44. The molecule has 1 fully saturated rings. The van der Waals surface area contributed by atoms with Crippen LogP contribution >= 0.6 is 12.4 Å². The number of aromatic nitrogens is 3. The summed E-state index contributed by atoms with van der Waals surface area (Å²) in [5.41, 5.74) is 5.59. The Morgan fingerprint density at radius 3 is 2.68 bits per heavy atom. The number of carbonyl (C=O) groups excluding carboxylic acids is 1. The number of esters is 1. The molecule has 8 nitrogen and oxygen atoms in total. The molecule has 1 aliphatic heterocycles. The maximum atomic E-state index is 11.6. The predicted octanol–water partition coefficient (Wildman–Crippen LogP) is -0.538. The van der Waals surface area contributed by atoms with Crippen molar-refractivity contribution in [3.05, 3.63) is 5.82 Å². The van der Waals surface area contributed by atoms with Crippen LogP contribution in [0.1, 0.15) is 17.5 Å². The zero-order valence-corrected chi connectivity index (χ0v) is 11.4. The summed E-state index contributed by atoms with van der Waals surface area (Å²) in [4.78, 5) is 25.5. The average molecular weight is 289 g/mol. The highest BCUT2D eigenvalue weighted by Crippen LogP contribution is 2.10. The topological polar surface area (TPSA) is 106 Å². The number of nitrogens with two attached hydrogens (primary N) is 1. The predicted molar refractivity (Wildman–Crippen MR) is 72.5 cm³/mol. The molecule has 3 N–H and O–H groups in total. The van der Waals surface area contributed by atoms with Crippen molar-refractivity contribution in [3.8, 4) is 0 Å². The van der Waals surface area contributed by atoms with E-state index < -0.39 is 5.97 Å². The fourth-order valence-corrected chi connectivity index (χ4v) is 1.67. The number of carbonyl (C=O) groups is 1. The fourth-order valence-electron chi connectivity index (χ4n) is 1.67. The quantitative estimate of drug-likeness (QED) is 0.715. The van der Waals surface area contributed by atoms with Gasteiger partial charge in [0.15, 0.2) is 0 Å². The second-order valence-corrected chi connectivity index (χ2v) is 3.77. The Morgan fingerprint density at radius 1 is 1.37 bits per heavy atom. The van der Waals surface area contributed by atoms with Crippen LogP contribution in [-0.4, -0.2) is 53.7 Å². The third kappa shape index (κ3) is 3.90. The Labute approximate surface area is 117 Å². The second kappa shape index (κ2) is 7.05. The van der Waals surface area contributed by atoms with Crippen molar-refractivity contribution in [2.75, 3.05) is 43.4 Å². The van der Waals surface area contributed by atoms with Gasteiger partial charge in [-0.25, -0.2) is 4.79 Å². The van der Waals surface area contributed by atoms with Crippen LogP contribution in [0, 0.1) is 0 Å². The number of nitrogens with one attached hydrogen (secondary N) is 1. The standard InChI is InChI=1S/C10H16N6O2.ClH/c1-2-18-8(17)7-13-9(11)15-10(14-7)16-5-3-12-4-6-16;/h12H,2-6H2,1H3,(H2,11,13,14,15);1H. The lowest BCUT2D eigenvalue weighted by atomic mass is 10.4. The van der Waals surface area contributed by atoms with Crippen molar-refractivity contribution >= 4 is 30.3 Å². The summed E-state index contributed by atoms with van der Waals surface area (Å²) in [7, 11) is 0. The summed E-state index contributed by atoms with van der Waals surface area (Å²) in [6.45, 7) is 5.23. The number of piperazine rings is 1. The van der Waals surface area contributed by atoms with E-state index in [1.165, 1.54) is 0 Å². The Morgan fingerprint density at radius 2 is 2.05 bits per heavy atom. The van der Waals surface area contributed by atoms with E-state index >= 15 is 0 Å². The summed E-state index contributed by atoms with van der Waals surface area (Å²) in [6.07, 6.45) is 0. The first-order valence-corrected chi connectivity index (χ1v) is 5.85. The SMILES string of the molecule is CCOC(=O)c1nc(N)nc(N2CCNCC2)n1.Cl. The number of rotatable bonds is 3. The van der Waals surface area contributed by atoms with E-state index in [0.717, 1.165) is 26.2 Å². The molecule has 0 bridgehead atoms. The lowest BCUT2D eigenvalue weighted by Gasteiger charge is -2.27. The molecule has 1 saturated heterocycles. The van der Waals surface area contributed by atoms with Crippen molar-refractivity contribution in [1.29, 1.82) is 0 Å².